The first-order valence-corrected chi connectivity index (χ1v) is 9.55. The van der Waals surface area contributed by atoms with E-state index in [1.807, 2.05) is 55.5 Å². The number of nitrogens with zero attached hydrogens (tertiary/aromatic N) is 3. The molecule has 0 spiro atoms. The van der Waals surface area contributed by atoms with E-state index >= 15 is 0 Å². The van der Waals surface area contributed by atoms with Crippen molar-refractivity contribution >= 4 is 18.1 Å². The maximum Gasteiger partial charge on any atom is 0.242 e. The molecule has 29 heavy (non-hydrogen) atoms. The monoisotopic (exact) mass is 412 g/mol. The lowest BCUT2D eigenvalue weighted by Crippen LogP contribution is -2.33. The summed E-state index contributed by atoms with van der Waals surface area (Å²) >= 11 is 5.35. The number of hydrogen-bond donors (Lipinski definition) is 1. The van der Waals surface area contributed by atoms with Gasteiger partial charge in [-0.15, -0.1) is 0 Å². The van der Waals surface area contributed by atoms with Crippen molar-refractivity contribution < 1.29 is 14.3 Å². The van der Waals surface area contributed by atoms with E-state index in [0.717, 1.165) is 22.6 Å². The Balaban J connectivity index is 1.83. The van der Waals surface area contributed by atoms with E-state index in [0.29, 0.717) is 10.6 Å². The lowest BCUT2D eigenvalue weighted by molar-refractivity contribution is -0.132. The van der Waals surface area contributed by atoms with Crippen molar-refractivity contribution in [3.8, 4) is 22.9 Å². The van der Waals surface area contributed by atoms with E-state index < -0.39 is 0 Å². The minimum atomic E-state index is -0.163. The summed E-state index contributed by atoms with van der Waals surface area (Å²) in [6, 6.07) is 15.0. The van der Waals surface area contributed by atoms with Crippen molar-refractivity contribution in [3.05, 3.63) is 58.9 Å². The number of carbonyl (C=O) groups excluding carboxylic acids is 1. The highest BCUT2D eigenvalue weighted by molar-refractivity contribution is 7.71. The Kier molecular flexibility index (Phi) is 6.33. The molecule has 0 aliphatic rings. The number of methoxy groups -OCH3 is 2. The van der Waals surface area contributed by atoms with Gasteiger partial charge in [0.1, 0.15) is 18.0 Å². The number of nitrogens with one attached hydrogen (secondary N) is 1. The Morgan fingerprint density at radius 2 is 1.86 bits per heavy atom. The molecule has 1 N–H and O–H groups in total. The van der Waals surface area contributed by atoms with Crippen LogP contribution in [0.1, 0.15) is 18.5 Å². The fraction of sp³-hybridized carbons (Fsp3) is 0.286. The Labute approximate surface area is 174 Å². The second kappa shape index (κ2) is 8.91. The first-order chi connectivity index (χ1) is 14.0. The summed E-state index contributed by atoms with van der Waals surface area (Å²) in [6.07, 6.45) is 0. The summed E-state index contributed by atoms with van der Waals surface area (Å²) in [5.41, 5.74) is 1.78. The van der Waals surface area contributed by atoms with Crippen molar-refractivity contribution in [2.75, 3.05) is 21.3 Å². The van der Waals surface area contributed by atoms with Crippen LogP contribution in [0.15, 0.2) is 48.5 Å². The van der Waals surface area contributed by atoms with E-state index in [2.05, 4.69) is 10.2 Å². The van der Waals surface area contributed by atoms with Crippen LogP contribution < -0.4 is 9.47 Å². The minimum Gasteiger partial charge on any atom is -0.497 e. The fourth-order valence-electron chi connectivity index (χ4n) is 3.11. The number of aromatic amines is 1. The molecule has 7 nitrogen and oxygen atoms in total. The molecule has 1 heterocycles. The number of amides is 1. The van der Waals surface area contributed by atoms with Crippen LogP contribution in [0, 0.1) is 4.77 Å². The summed E-state index contributed by atoms with van der Waals surface area (Å²) in [6.45, 7) is 2.04. The second-order valence-electron chi connectivity index (χ2n) is 6.59. The van der Waals surface area contributed by atoms with Gasteiger partial charge in [-0.2, -0.15) is 5.10 Å². The van der Waals surface area contributed by atoms with Gasteiger partial charge in [0.2, 0.25) is 5.91 Å². The molecule has 0 aliphatic heterocycles. The zero-order valence-electron chi connectivity index (χ0n) is 16.9. The molecule has 0 saturated heterocycles. The van der Waals surface area contributed by atoms with Gasteiger partial charge >= 0.3 is 0 Å². The van der Waals surface area contributed by atoms with Gasteiger partial charge in [-0.3, -0.25) is 14.5 Å². The van der Waals surface area contributed by atoms with Crippen LogP contribution >= 0.6 is 12.2 Å². The van der Waals surface area contributed by atoms with Gasteiger partial charge in [0.25, 0.3) is 0 Å². The van der Waals surface area contributed by atoms with E-state index in [1.165, 1.54) is 0 Å². The summed E-state index contributed by atoms with van der Waals surface area (Å²) in [7, 11) is 5.01. The molecule has 1 amide bonds. The largest absolute Gasteiger partial charge is 0.497 e. The van der Waals surface area contributed by atoms with Gasteiger partial charge in [-0.25, -0.2) is 0 Å². The highest BCUT2D eigenvalue weighted by Gasteiger charge is 2.22. The smallest absolute Gasteiger partial charge is 0.242 e. The van der Waals surface area contributed by atoms with E-state index in [4.69, 9.17) is 21.7 Å². The van der Waals surface area contributed by atoms with Gasteiger partial charge < -0.3 is 14.4 Å². The van der Waals surface area contributed by atoms with Gasteiger partial charge in [0.05, 0.1) is 20.3 Å². The predicted octanol–water partition coefficient (Wildman–Crippen LogP) is 3.84. The van der Waals surface area contributed by atoms with Crippen LogP contribution in [-0.4, -0.2) is 46.8 Å². The molecule has 0 saturated carbocycles. The topological polar surface area (TPSA) is 72.4 Å². The van der Waals surface area contributed by atoms with Gasteiger partial charge in [-0.05, 0) is 49.5 Å². The number of H-pyrrole nitrogens is 1. The highest BCUT2D eigenvalue weighted by atomic mass is 32.1. The number of hydrogen-bond acceptors (Lipinski definition) is 5. The van der Waals surface area contributed by atoms with Crippen LogP contribution in [0.3, 0.4) is 0 Å². The molecule has 2 aromatic carbocycles. The summed E-state index contributed by atoms with van der Waals surface area (Å²) < 4.78 is 12.7. The van der Waals surface area contributed by atoms with Crippen molar-refractivity contribution in [2.24, 2.45) is 0 Å². The Morgan fingerprint density at radius 3 is 2.52 bits per heavy atom. The second-order valence-corrected chi connectivity index (χ2v) is 6.98. The minimum absolute atomic E-state index is 0.0761. The van der Waals surface area contributed by atoms with Crippen molar-refractivity contribution in [2.45, 2.75) is 19.5 Å². The Hall–Kier alpha value is -3.13. The zero-order valence-corrected chi connectivity index (χ0v) is 17.7. The lowest BCUT2D eigenvalue weighted by Gasteiger charge is -2.27. The number of aromatic nitrogens is 3. The normalized spacial score (nSPS) is 11.7. The average molecular weight is 413 g/mol. The third-order valence-electron chi connectivity index (χ3n) is 4.96. The molecule has 0 fully saturated rings. The fourth-order valence-corrected chi connectivity index (χ4v) is 3.30. The molecule has 1 atom stereocenters. The number of likely N-dealkylation sites (N-methyl/N-ethyl adjacent to an activating group) is 1. The van der Waals surface area contributed by atoms with Crippen LogP contribution in [0.5, 0.6) is 11.5 Å². The van der Waals surface area contributed by atoms with Gasteiger partial charge in [0.15, 0.2) is 10.6 Å². The maximum atomic E-state index is 13.0. The Morgan fingerprint density at radius 1 is 1.17 bits per heavy atom. The molecular formula is C21H24N4O3S. The van der Waals surface area contributed by atoms with Crippen LogP contribution in [0.4, 0.5) is 0 Å². The molecule has 1 unspecified atom stereocenters. The molecule has 0 bridgehead atoms. The third-order valence-corrected chi connectivity index (χ3v) is 5.27. The SMILES string of the molecule is COc1ccc(-c2n[nH]c(=S)n2CC(=O)N(C)C(C)c2ccccc2OC)cc1. The molecule has 0 aliphatic carbocycles. The molecule has 1 aromatic heterocycles. The van der Waals surface area contributed by atoms with E-state index in [1.54, 1.807) is 30.7 Å². The highest BCUT2D eigenvalue weighted by Crippen LogP contribution is 2.28. The molecule has 0 radical (unpaired) electrons. The van der Waals surface area contributed by atoms with E-state index in [9.17, 15) is 4.79 Å². The first-order valence-electron chi connectivity index (χ1n) is 9.14. The summed E-state index contributed by atoms with van der Waals surface area (Å²) in [5.74, 6) is 2.01. The van der Waals surface area contributed by atoms with E-state index in [-0.39, 0.29) is 18.5 Å². The lowest BCUT2D eigenvalue weighted by atomic mass is 10.1. The standard InChI is InChI=1S/C21H24N4O3S/c1-14(17-7-5-6-8-18(17)28-4)24(2)19(26)13-25-20(22-23-21(25)29)15-9-11-16(27-3)12-10-15/h5-12,14H,13H2,1-4H3,(H,23,29). The number of rotatable bonds is 7. The number of para-hydroxylation sites is 1. The number of ether oxygens (including phenoxy) is 2. The molecular weight excluding hydrogens is 388 g/mol. The molecule has 3 rings (SSSR count). The van der Waals surface area contributed by atoms with Gasteiger partial charge in [-0.1, -0.05) is 18.2 Å². The van der Waals surface area contributed by atoms with Crippen molar-refractivity contribution in [3.63, 3.8) is 0 Å². The van der Waals surface area contributed by atoms with Crippen LogP contribution in [0.25, 0.3) is 11.4 Å². The van der Waals surface area contributed by atoms with Gasteiger partial charge in [0, 0.05) is 18.2 Å². The third kappa shape index (κ3) is 4.32. The zero-order chi connectivity index (χ0) is 21.0. The summed E-state index contributed by atoms with van der Waals surface area (Å²) in [4.78, 5) is 14.7. The predicted molar refractivity (Wildman–Crippen MR) is 114 cm³/mol. The molecule has 3 aromatic rings. The average Bonchev–Trinajstić information content (AvgIpc) is 3.12. The maximum absolute atomic E-state index is 13.0. The number of benzene rings is 2. The quantitative estimate of drug-likeness (QED) is 0.597. The summed E-state index contributed by atoms with van der Waals surface area (Å²) in [5, 5.41) is 7.08. The molecule has 8 heteroatoms. The molecule has 152 valence electrons. The van der Waals surface area contributed by atoms with Crippen molar-refractivity contribution in [1.29, 1.82) is 0 Å². The van der Waals surface area contributed by atoms with Crippen LogP contribution in [-0.2, 0) is 11.3 Å². The Bertz CT molecular complexity index is 1040. The van der Waals surface area contributed by atoms with Crippen molar-refractivity contribution in [1.82, 2.24) is 19.7 Å². The first kappa shape index (κ1) is 20.6. The number of carbonyl (C=O) groups is 1. The van der Waals surface area contributed by atoms with Crippen LogP contribution in [0.2, 0.25) is 0 Å².